The Kier molecular flexibility index (Phi) is 8.48. The quantitative estimate of drug-likeness (QED) is 0.349. The van der Waals surface area contributed by atoms with E-state index in [1.165, 1.54) is 11.6 Å². The molecule has 0 aromatic heterocycles. The van der Waals surface area contributed by atoms with Crippen molar-refractivity contribution >= 4 is 17.8 Å². The second kappa shape index (κ2) is 11.3. The molecule has 0 unspecified atom stereocenters. The minimum Gasteiger partial charge on any atom is -0.479 e. The topological polar surface area (TPSA) is 76.4 Å². The molecule has 5 nitrogen and oxygen atoms in total. The van der Waals surface area contributed by atoms with Crippen molar-refractivity contribution in [3.05, 3.63) is 71.3 Å². The number of carbonyl (C=O) groups is 2. The predicted octanol–water partition coefficient (Wildman–Crippen LogP) is 4.37. The van der Waals surface area contributed by atoms with Crippen LogP contribution in [0.15, 0.2) is 54.6 Å². The summed E-state index contributed by atoms with van der Waals surface area (Å²) < 4.78 is 10.2. The van der Waals surface area contributed by atoms with Crippen LogP contribution in [-0.2, 0) is 16.0 Å². The Balaban J connectivity index is 1.80. The van der Waals surface area contributed by atoms with Crippen molar-refractivity contribution in [2.45, 2.75) is 26.2 Å². The first kappa shape index (κ1) is 20.9. The fourth-order valence-corrected chi connectivity index (χ4v) is 2.46. The van der Waals surface area contributed by atoms with E-state index in [1.54, 1.807) is 42.5 Å². The highest BCUT2D eigenvalue weighted by atomic mass is 16.5. The summed E-state index contributed by atoms with van der Waals surface area (Å²) in [6, 6.07) is 16.2. The van der Waals surface area contributed by atoms with Gasteiger partial charge in [0.15, 0.2) is 19.0 Å². The molecule has 0 aliphatic heterocycles. The second-order valence-corrected chi connectivity index (χ2v) is 6.18. The van der Waals surface area contributed by atoms with Crippen LogP contribution in [0.25, 0.3) is 6.08 Å². The van der Waals surface area contributed by atoms with Gasteiger partial charge in [0.2, 0.25) is 0 Å². The lowest BCUT2D eigenvalue weighted by Gasteiger charge is -2.04. The number of hydrogen-bond donors (Lipinski definition) is 0. The number of ketones is 1. The van der Waals surface area contributed by atoms with Crippen LogP contribution in [0.4, 0.5) is 0 Å². The van der Waals surface area contributed by atoms with Crippen LogP contribution in [0.1, 0.15) is 41.3 Å². The highest BCUT2D eigenvalue weighted by Gasteiger charge is 2.08. The predicted molar refractivity (Wildman–Crippen MR) is 107 cm³/mol. The highest BCUT2D eigenvalue weighted by molar-refractivity contribution is 5.98. The van der Waals surface area contributed by atoms with Gasteiger partial charge in [-0.2, -0.15) is 5.26 Å². The molecule has 2 rings (SSSR count). The van der Waals surface area contributed by atoms with Crippen molar-refractivity contribution in [2.24, 2.45) is 0 Å². The molecule has 28 heavy (non-hydrogen) atoms. The molecule has 0 heterocycles. The number of rotatable bonds is 10. The maximum absolute atomic E-state index is 12.1. The average molecular weight is 377 g/mol. The van der Waals surface area contributed by atoms with Crippen molar-refractivity contribution in [1.29, 1.82) is 5.26 Å². The number of benzene rings is 2. The number of carbonyl (C=O) groups excluding carboxylic acids is 2. The van der Waals surface area contributed by atoms with E-state index in [-0.39, 0.29) is 19.0 Å². The lowest BCUT2D eigenvalue weighted by Crippen LogP contribution is -2.12. The molecule has 0 aliphatic rings. The number of ether oxygens (including phenoxy) is 2. The maximum atomic E-state index is 12.1. The Morgan fingerprint density at radius 1 is 1.07 bits per heavy atom. The Morgan fingerprint density at radius 3 is 2.43 bits per heavy atom. The summed E-state index contributed by atoms with van der Waals surface area (Å²) in [6.07, 6.45) is 6.10. The monoisotopic (exact) mass is 377 g/mol. The van der Waals surface area contributed by atoms with E-state index in [1.807, 2.05) is 18.2 Å². The summed E-state index contributed by atoms with van der Waals surface area (Å²) in [6.45, 7) is 1.83. The van der Waals surface area contributed by atoms with Gasteiger partial charge in [0.05, 0.1) is 0 Å². The van der Waals surface area contributed by atoms with Crippen LogP contribution in [0.2, 0.25) is 0 Å². The van der Waals surface area contributed by atoms with Crippen LogP contribution in [0.3, 0.4) is 0 Å². The molecule has 0 N–H and O–H groups in total. The molecule has 0 saturated heterocycles. The molecule has 0 fully saturated rings. The fraction of sp³-hybridized carbons (Fsp3) is 0.261. The SMILES string of the molecule is CCCCc1ccc(C(=O)COC(=O)/C=C/c2ccc(OCC#N)cc2)cc1. The van der Waals surface area contributed by atoms with E-state index in [0.717, 1.165) is 24.8 Å². The van der Waals surface area contributed by atoms with Crippen LogP contribution in [-0.4, -0.2) is 25.0 Å². The van der Waals surface area contributed by atoms with Crippen molar-refractivity contribution in [3.63, 3.8) is 0 Å². The molecule has 0 bridgehead atoms. The van der Waals surface area contributed by atoms with Gasteiger partial charge >= 0.3 is 5.97 Å². The minimum atomic E-state index is -0.585. The Bertz CT molecular complexity index is 846. The normalized spacial score (nSPS) is 10.4. The van der Waals surface area contributed by atoms with Gasteiger partial charge < -0.3 is 9.47 Å². The van der Waals surface area contributed by atoms with E-state index in [9.17, 15) is 9.59 Å². The lowest BCUT2D eigenvalue weighted by molar-refractivity contribution is -0.136. The van der Waals surface area contributed by atoms with Crippen LogP contribution >= 0.6 is 0 Å². The first-order chi connectivity index (χ1) is 13.6. The number of unbranched alkanes of at least 4 members (excludes halogenated alkanes) is 1. The zero-order valence-electron chi connectivity index (χ0n) is 15.9. The van der Waals surface area contributed by atoms with Gasteiger partial charge in [-0.15, -0.1) is 0 Å². The third-order valence-corrected chi connectivity index (χ3v) is 4.04. The number of Topliss-reactive ketones (excluding diaryl/α,β-unsaturated/α-hetero) is 1. The van der Waals surface area contributed by atoms with Crippen LogP contribution in [0, 0.1) is 11.3 Å². The van der Waals surface area contributed by atoms with Crippen LogP contribution < -0.4 is 4.74 Å². The summed E-state index contributed by atoms with van der Waals surface area (Å²) in [5.41, 5.74) is 2.50. The molecule has 0 atom stereocenters. The van der Waals surface area contributed by atoms with Gasteiger partial charge in [0, 0.05) is 11.6 Å². The first-order valence-corrected chi connectivity index (χ1v) is 9.19. The second-order valence-electron chi connectivity index (χ2n) is 6.18. The van der Waals surface area contributed by atoms with E-state index < -0.39 is 5.97 Å². The first-order valence-electron chi connectivity index (χ1n) is 9.19. The summed E-state index contributed by atoms with van der Waals surface area (Å²) in [7, 11) is 0. The lowest BCUT2D eigenvalue weighted by atomic mass is 10.0. The number of esters is 1. The summed E-state index contributed by atoms with van der Waals surface area (Å²) in [5.74, 6) is -0.243. The molecule has 144 valence electrons. The molecule has 0 amide bonds. The maximum Gasteiger partial charge on any atom is 0.331 e. The highest BCUT2D eigenvalue weighted by Crippen LogP contribution is 2.13. The van der Waals surface area contributed by atoms with E-state index >= 15 is 0 Å². The van der Waals surface area contributed by atoms with Gasteiger partial charge in [-0.05, 0) is 42.2 Å². The fourth-order valence-electron chi connectivity index (χ4n) is 2.46. The standard InChI is InChI=1S/C23H23NO4/c1-2-3-4-18-5-10-20(11-6-18)22(25)17-28-23(26)14-9-19-7-12-21(13-8-19)27-16-15-24/h5-14H,2-4,16-17H2,1H3/b14-9+. The van der Waals surface area contributed by atoms with Crippen molar-refractivity contribution < 1.29 is 19.1 Å². The molecule has 2 aromatic rings. The largest absolute Gasteiger partial charge is 0.479 e. The summed E-state index contributed by atoms with van der Waals surface area (Å²) >= 11 is 0. The molecule has 0 spiro atoms. The Hall–Kier alpha value is -3.39. The average Bonchev–Trinajstić information content (AvgIpc) is 2.74. The smallest absolute Gasteiger partial charge is 0.331 e. The molecule has 0 aliphatic carbocycles. The summed E-state index contributed by atoms with van der Waals surface area (Å²) in [5, 5.41) is 8.47. The van der Waals surface area contributed by atoms with Crippen LogP contribution in [0.5, 0.6) is 5.75 Å². The van der Waals surface area contributed by atoms with E-state index in [0.29, 0.717) is 11.3 Å². The number of nitriles is 1. The third-order valence-electron chi connectivity index (χ3n) is 4.04. The molecule has 0 radical (unpaired) electrons. The molecule has 0 saturated carbocycles. The van der Waals surface area contributed by atoms with Gasteiger partial charge in [-0.3, -0.25) is 4.79 Å². The van der Waals surface area contributed by atoms with Crippen molar-refractivity contribution in [3.8, 4) is 11.8 Å². The minimum absolute atomic E-state index is 0.0169. The van der Waals surface area contributed by atoms with E-state index in [4.69, 9.17) is 14.7 Å². The summed E-state index contributed by atoms with van der Waals surface area (Å²) in [4.78, 5) is 23.9. The zero-order chi connectivity index (χ0) is 20.2. The zero-order valence-corrected chi connectivity index (χ0v) is 15.9. The van der Waals surface area contributed by atoms with Crippen molar-refractivity contribution in [2.75, 3.05) is 13.2 Å². The number of nitrogens with zero attached hydrogens (tertiary/aromatic N) is 1. The Morgan fingerprint density at radius 2 is 1.79 bits per heavy atom. The van der Waals surface area contributed by atoms with Gasteiger partial charge in [0.1, 0.15) is 11.8 Å². The molecular weight excluding hydrogens is 354 g/mol. The molecular formula is C23H23NO4. The number of aryl methyl sites for hydroxylation is 1. The molecule has 2 aromatic carbocycles. The Labute approximate surface area is 165 Å². The number of hydrogen-bond acceptors (Lipinski definition) is 5. The van der Waals surface area contributed by atoms with Crippen molar-refractivity contribution in [1.82, 2.24) is 0 Å². The van der Waals surface area contributed by atoms with Gasteiger partial charge in [-0.1, -0.05) is 49.7 Å². The van der Waals surface area contributed by atoms with E-state index in [2.05, 4.69) is 6.92 Å². The van der Waals surface area contributed by atoms with Gasteiger partial charge in [0.25, 0.3) is 0 Å². The van der Waals surface area contributed by atoms with Gasteiger partial charge in [-0.25, -0.2) is 4.79 Å². The molecule has 5 heteroatoms. The third kappa shape index (κ3) is 7.08.